The molecule has 1 rings (SSSR count). The fourth-order valence-corrected chi connectivity index (χ4v) is 1.49. The maximum atomic E-state index is 11.9. The van der Waals surface area contributed by atoms with E-state index >= 15 is 0 Å². The van der Waals surface area contributed by atoms with Crippen LogP contribution in [-0.4, -0.2) is 10.2 Å². The summed E-state index contributed by atoms with van der Waals surface area (Å²) in [6.45, 7) is 1.88. The van der Waals surface area contributed by atoms with Gasteiger partial charge < -0.3 is 0 Å². The third kappa shape index (κ3) is 2.17. The maximum Gasteiger partial charge on any atom is 0.445 e. The van der Waals surface area contributed by atoms with Crippen LogP contribution in [-0.2, 0) is 12.6 Å². The minimum absolute atomic E-state index is 0.449. The van der Waals surface area contributed by atoms with Gasteiger partial charge in [0.1, 0.15) is 5.01 Å². The molecule has 0 aliphatic heterocycles. The maximum absolute atomic E-state index is 11.9. The zero-order valence-corrected chi connectivity index (χ0v) is 7.17. The number of rotatable bonds is 2. The van der Waals surface area contributed by atoms with Crippen molar-refractivity contribution in [2.24, 2.45) is 0 Å². The Labute approximate surface area is 71.4 Å². The second kappa shape index (κ2) is 3.38. The molecule has 0 fully saturated rings. The van der Waals surface area contributed by atoms with Crippen LogP contribution < -0.4 is 0 Å². The van der Waals surface area contributed by atoms with Gasteiger partial charge >= 0.3 is 6.18 Å². The molecule has 0 saturated carbocycles. The summed E-state index contributed by atoms with van der Waals surface area (Å²) in [6, 6.07) is 0. The molecule has 6 heteroatoms. The Balaban J connectivity index is 2.77. The van der Waals surface area contributed by atoms with E-state index in [9.17, 15) is 13.2 Å². The van der Waals surface area contributed by atoms with Crippen LogP contribution in [0.15, 0.2) is 0 Å². The van der Waals surface area contributed by atoms with E-state index in [4.69, 9.17) is 0 Å². The van der Waals surface area contributed by atoms with Crippen molar-refractivity contribution < 1.29 is 13.2 Å². The molecule has 0 N–H and O–H groups in total. The van der Waals surface area contributed by atoms with Crippen LogP contribution in [0.1, 0.15) is 23.4 Å². The Kier molecular flexibility index (Phi) is 2.66. The van der Waals surface area contributed by atoms with Gasteiger partial charge in [-0.15, -0.1) is 10.2 Å². The summed E-state index contributed by atoms with van der Waals surface area (Å²) in [6.07, 6.45) is -3.00. The first kappa shape index (κ1) is 9.44. The molecule has 68 valence electrons. The summed E-state index contributed by atoms with van der Waals surface area (Å²) in [5.74, 6) is 0. The van der Waals surface area contributed by atoms with Crippen LogP contribution >= 0.6 is 11.3 Å². The Morgan fingerprint density at radius 3 is 2.42 bits per heavy atom. The number of hydrogen-bond acceptors (Lipinski definition) is 3. The minimum atomic E-state index is -4.34. The lowest BCUT2D eigenvalue weighted by molar-refractivity contribution is -0.138. The third-order valence-electron chi connectivity index (χ3n) is 1.17. The molecular formula is C6H7F3N2S. The highest BCUT2D eigenvalue weighted by atomic mass is 32.1. The van der Waals surface area contributed by atoms with Crippen molar-refractivity contribution in [1.82, 2.24) is 10.2 Å². The van der Waals surface area contributed by atoms with Gasteiger partial charge in [0.15, 0.2) is 0 Å². The van der Waals surface area contributed by atoms with Gasteiger partial charge in [-0.2, -0.15) is 13.2 Å². The topological polar surface area (TPSA) is 25.8 Å². The standard InChI is InChI=1S/C6H7F3N2S/c1-2-3-4-10-11-5(12-4)6(7,8)9/h2-3H2,1H3. The molecule has 12 heavy (non-hydrogen) atoms. The van der Waals surface area contributed by atoms with Gasteiger partial charge in [0, 0.05) is 6.42 Å². The van der Waals surface area contributed by atoms with Crippen LogP contribution in [0.3, 0.4) is 0 Å². The molecule has 0 aliphatic rings. The Hall–Kier alpha value is -0.650. The van der Waals surface area contributed by atoms with Crippen molar-refractivity contribution in [3.63, 3.8) is 0 Å². The normalized spacial score (nSPS) is 12.0. The van der Waals surface area contributed by atoms with Crippen LogP contribution in [0.25, 0.3) is 0 Å². The van der Waals surface area contributed by atoms with E-state index in [0.717, 1.165) is 6.42 Å². The van der Waals surface area contributed by atoms with E-state index in [2.05, 4.69) is 10.2 Å². The van der Waals surface area contributed by atoms with E-state index in [-0.39, 0.29) is 0 Å². The minimum Gasteiger partial charge on any atom is -0.164 e. The summed E-state index contributed by atoms with van der Waals surface area (Å²) < 4.78 is 35.8. The van der Waals surface area contributed by atoms with Gasteiger partial charge in [0.25, 0.3) is 0 Å². The molecule has 0 aromatic carbocycles. The van der Waals surface area contributed by atoms with Crippen LogP contribution in [0.2, 0.25) is 0 Å². The number of nitrogens with zero attached hydrogens (tertiary/aromatic N) is 2. The van der Waals surface area contributed by atoms with E-state index in [1.54, 1.807) is 0 Å². The Morgan fingerprint density at radius 2 is 2.00 bits per heavy atom. The summed E-state index contributed by atoms with van der Waals surface area (Å²) in [5.41, 5.74) is 0. The van der Waals surface area contributed by atoms with Crippen molar-refractivity contribution >= 4 is 11.3 Å². The lowest BCUT2D eigenvalue weighted by Gasteiger charge is -1.97. The number of halogens is 3. The van der Waals surface area contributed by atoms with Crippen molar-refractivity contribution in [3.05, 3.63) is 10.0 Å². The first-order valence-electron chi connectivity index (χ1n) is 3.43. The molecule has 0 saturated heterocycles. The van der Waals surface area contributed by atoms with Crippen molar-refractivity contribution in [2.75, 3.05) is 0 Å². The molecule has 0 bridgehead atoms. The van der Waals surface area contributed by atoms with E-state index in [1.807, 2.05) is 6.92 Å². The molecule has 0 atom stereocenters. The lowest BCUT2D eigenvalue weighted by Crippen LogP contribution is -2.03. The second-order valence-corrected chi connectivity index (χ2v) is 3.31. The molecule has 0 amide bonds. The first-order chi connectivity index (χ1) is 5.54. The van der Waals surface area contributed by atoms with Crippen LogP contribution in [0, 0.1) is 0 Å². The highest BCUT2D eigenvalue weighted by Gasteiger charge is 2.35. The monoisotopic (exact) mass is 196 g/mol. The van der Waals surface area contributed by atoms with E-state index in [1.165, 1.54) is 0 Å². The zero-order chi connectivity index (χ0) is 9.19. The van der Waals surface area contributed by atoms with E-state index < -0.39 is 11.2 Å². The fourth-order valence-electron chi connectivity index (χ4n) is 0.683. The molecule has 1 aromatic rings. The number of hydrogen-bond donors (Lipinski definition) is 0. The average molecular weight is 196 g/mol. The zero-order valence-electron chi connectivity index (χ0n) is 6.35. The summed E-state index contributed by atoms with van der Waals surface area (Å²) in [5, 5.41) is 6.06. The molecule has 2 nitrogen and oxygen atoms in total. The summed E-state index contributed by atoms with van der Waals surface area (Å²) >= 11 is 0.617. The van der Waals surface area contributed by atoms with Gasteiger partial charge in [-0.25, -0.2) is 0 Å². The largest absolute Gasteiger partial charge is 0.445 e. The first-order valence-corrected chi connectivity index (χ1v) is 4.25. The molecule has 0 radical (unpaired) electrons. The van der Waals surface area contributed by atoms with Crippen molar-refractivity contribution in [2.45, 2.75) is 25.9 Å². The predicted molar refractivity (Wildman–Crippen MR) is 38.9 cm³/mol. The summed E-state index contributed by atoms with van der Waals surface area (Å²) in [7, 11) is 0. The van der Waals surface area contributed by atoms with E-state index in [0.29, 0.717) is 22.8 Å². The van der Waals surface area contributed by atoms with Crippen molar-refractivity contribution in [1.29, 1.82) is 0 Å². The third-order valence-corrected chi connectivity index (χ3v) is 2.20. The Morgan fingerprint density at radius 1 is 1.33 bits per heavy atom. The van der Waals surface area contributed by atoms with Gasteiger partial charge in [-0.3, -0.25) is 0 Å². The molecule has 1 heterocycles. The number of aromatic nitrogens is 2. The van der Waals surface area contributed by atoms with Crippen LogP contribution in [0.4, 0.5) is 13.2 Å². The predicted octanol–water partition coefficient (Wildman–Crippen LogP) is 2.51. The number of aryl methyl sites for hydroxylation is 1. The molecule has 1 aromatic heterocycles. The molecule has 0 spiro atoms. The smallest absolute Gasteiger partial charge is 0.164 e. The molecule has 0 unspecified atom stereocenters. The Bertz CT molecular complexity index is 256. The quantitative estimate of drug-likeness (QED) is 0.726. The highest BCUT2D eigenvalue weighted by molar-refractivity contribution is 7.11. The molecule has 0 aliphatic carbocycles. The highest BCUT2D eigenvalue weighted by Crippen LogP contribution is 2.31. The molecular weight excluding hydrogens is 189 g/mol. The number of alkyl halides is 3. The van der Waals surface area contributed by atoms with Gasteiger partial charge in [0.05, 0.1) is 0 Å². The fraction of sp³-hybridized carbons (Fsp3) is 0.667. The van der Waals surface area contributed by atoms with Crippen molar-refractivity contribution in [3.8, 4) is 0 Å². The second-order valence-electron chi connectivity index (χ2n) is 2.25. The van der Waals surface area contributed by atoms with Gasteiger partial charge in [0.2, 0.25) is 5.01 Å². The van der Waals surface area contributed by atoms with Crippen LogP contribution in [0.5, 0.6) is 0 Å². The lowest BCUT2D eigenvalue weighted by atomic mass is 10.4. The average Bonchev–Trinajstić information content (AvgIpc) is 2.35. The van der Waals surface area contributed by atoms with Gasteiger partial charge in [-0.05, 0) is 6.42 Å². The summed E-state index contributed by atoms with van der Waals surface area (Å²) in [4.78, 5) is 0. The van der Waals surface area contributed by atoms with Gasteiger partial charge in [-0.1, -0.05) is 18.3 Å². The SMILES string of the molecule is CCCc1nnc(C(F)(F)F)s1.